The van der Waals surface area contributed by atoms with Crippen molar-refractivity contribution >= 4 is 11.7 Å². The van der Waals surface area contributed by atoms with Crippen LogP contribution >= 0.6 is 0 Å². The van der Waals surface area contributed by atoms with Gasteiger partial charge < -0.3 is 24.9 Å². The van der Waals surface area contributed by atoms with Crippen LogP contribution in [0.1, 0.15) is 99.3 Å². The highest BCUT2D eigenvalue weighted by atomic mass is 16.7. The summed E-state index contributed by atoms with van der Waals surface area (Å²) in [6, 6.07) is 0.593. The Balaban J connectivity index is 2.35. The summed E-state index contributed by atoms with van der Waals surface area (Å²) < 4.78 is 12.7. The van der Waals surface area contributed by atoms with Crippen molar-refractivity contribution in [2.75, 3.05) is 20.3 Å². The average Bonchev–Trinajstić information content (AvgIpc) is 3.18. The number of amides is 1. The van der Waals surface area contributed by atoms with Crippen LogP contribution in [0.4, 0.5) is 0 Å². The Kier molecular flexibility index (Phi) is 13.6. The summed E-state index contributed by atoms with van der Waals surface area (Å²) in [6.07, 6.45) is 8.00. The molecule has 6 heteroatoms. The molecule has 5 unspecified atom stereocenters. The van der Waals surface area contributed by atoms with Gasteiger partial charge in [-0.2, -0.15) is 0 Å². The molecule has 0 aromatic heterocycles. The molecule has 1 rings (SSSR count). The zero-order valence-corrected chi connectivity index (χ0v) is 21.8. The molecule has 1 fully saturated rings. The third kappa shape index (κ3) is 12.3. The maximum Gasteiger partial charge on any atom is 0.220 e. The Morgan fingerprint density at radius 2 is 1.41 bits per heavy atom. The number of ketones is 1. The number of hydrogen-bond acceptors (Lipinski definition) is 5. The Bertz CT molecular complexity index is 548. The molecule has 0 aromatic rings. The lowest BCUT2D eigenvalue weighted by Crippen LogP contribution is -2.38. The quantitative estimate of drug-likeness (QED) is 0.307. The van der Waals surface area contributed by atoms with E-state index in [9.17, 15) is 9.59 Å². The van der Waals surface area contributed by atoms with Gasteiger partial charge in [0, 0.05) is 37.8 Å². The van der Waals surface area contributed by atoms with Gasteiger partial charge in [-0.3, -0.25) is 4.79 Å². The van der Waals surface area contributed by atoms with Crippen LogP contribution in [0.5, 0.6) is 0 Å². The van der Waals surface area contributed by atoms with E-state index in [4.69, 9.17) is 9.47 Å². The number of carbonyl (C=O) groups is 2. The number of carbonyl (C=O) groups excluding carboxylic acids is 2. The topological polar surface area (TPSA) is 76.7 Å². The summed E-state index contributed by atoms with van der Waals surface area (Å²) in [5, 5.41) is 6.40. The van der Waals surface area contributed by atoms with E-state index in [1.165, 1.54) is 0 Å². The summed E-state index contributed by atoms with van der Waals surface area (Å²) in [5.41, 5.74) is 0. The highest BCUT2D eigenvalue weighted by Crippen LogP contribution is 2.35. The molecule has 32 heavy (non-hydrogen) atoms. The maximum absolute atomic E-state index is 12.2. The second-order valence-corrected chi connectivity index (χ2v) is 10.6. The molecular formula is C26H50N2O4. The summed E-state index contributed by atoms with van der Waals surface area (Å²) in [7, 11) is 2.00. The van der Waals surface area contributed by atoms with Crippen LogP contribution < -0.4 is 10.6 Å². The zero-order valence-electron chi connectivity index (χ0n) is 21.8. The Morgan fingerprint density at radius 1 is 0.875 bits per heavy atom. The summed E-state index contributed by atoms with van der Waals surface area (Å²) in [6.45, 7) is 13.7. The fourth-order valence-electron chi connectivity index (χ4n) is 4.67. The molecule has 0 aromatic carbocycles. The van der Waals surface area contributed by atoms with E-state index in [1.54, 1.807) is 6.92 Å². The molecule has 1 amide bonds. The molecule has 0 saturated heterocycles. The van der Waals surface area contributed by atoms with Gasteiger partial charge in [0.15, 0.2) is 5.79 Å². The van der Waals surface area contributed by atoms with Crippen LogP contribution in [0.3, 0.4) is 0 Å². The first-order chi connectivity index (χ1) is 15.0. The lowest BCUT2D eigenvalue weighted by molar-refractivity contribution is -0.242. The first-order valence-electron chi connectivity index (χ1n) is 12.8. The predicted octanol–water partition coefficient (Wildman–Crippen LogP) is 4.85. The first-order valence-corrected chi connectivity index (χ1v) is 12.8. The van der Waals surface area contributed by atoms with E-state index in [0.717, 1.165) is 51.6 Å². The average molecular weight is 455 g/mol. The van der Waals surface area contributed by atoms with Gasteiger partial charge in [0.2, 0.25) is 5.91 Å². The van der Waals surface area contributed by atoms with Gasteiger partial charge in [-0.1, -0.05) is 20.8 Å². The summed E-state index contributed by atoms with van der Waals surface area (Å²) in [5.74, 6) is 0.916. The van der Waals surface area contributed by atoms with Gasteiger partial charge in [-0.15, -0.1) is 0 Å². The molecule has 1 aliphatic carbocycles. The number of hydrogen-bond donors (Lipinski definition) is 2. The Morgan fingerprint density at radius 3 is 1.91 bits per heavy atom. The van der Waals surface area contributed by atoms with Gasteiger partial charge >= 0.3 is 0 Å². The largest absolute Gasteiger partial charge is 0.354 e. The van der Waals surface area contributed by atoms with E-state index in [-0.39, 0.29) is 23.7 Å². The fraction of sp³-hybridized carbons (Fsp3) is 0.923. The van der Waals surface area contributed by atoms with Gasteiger partial charge in [0.25, 0.3) is 0 Å². The van der Waals surface area contributed by atoms with E-state index < -0.39 is 5.79 Å². The molecule has 0 bridgehead atoms. The maximum atomic E-state index is 12.2. The fourth-order valence-corrected chi connectivity index (χ4v) is 4.67. The number of Topliss-reactive ketones (excluding diaryl/α,β-unsaturated/α-hetero) is 1. The molecule has 0 heterocycles. The van der Waals surface area contributed by atoms with Crippen LogP contribution in [0.25, 0.3) is 0 Å². The van der Waals surface area contributed by atoms with Crippen LogP contribution in [0, 0.1) is 17.8 Å². The van der Waals surface area contributed by atoms with Crippen molar-refractivity contribution in [1.82, 2.24) is 10.6 Å². The third-order valence-electron chi connectivity index (χ3n) is 6.54. The molecule has 0 aliphatic heterocycles. The van der Waals surface area contributed by atoms with E-state index >= 15 is 0 Å². The minimum atomic E-state index is -0.426. The summed E-state index contributed by atoms with van der Waals surface area (Å²) in [4.78, 5) is 23.4. The molecule has 6 nitrogen and oxygen atoms in total. The van der Waals surface area contributed by atoms with Crippen LogP contribution in [0.15, 0.2) is 0 Å². The molecular weight excluding hydrogens is 404 g/mol. The van der Waals surface area contributed by atoms with Crippen molar-refractivity contribution in [3.63, 3.8) is 0 Å². The molecule has 0 radical (unpaired) electrons. The number of nitrogens with one attached hydrogen (secondary N) is 2. The normalized spacial score (nSPS) is 20.3. The molecule has 1 saturated carbocycles. The van der Waals surface area contributed by atoms with Gasteiger partial charge in [-0.05, 0) is 77.7 Å². The van der Waals surface area contributed by atoms with Gasteiger partial charge in [0.1, 0.15) is 5.78 Å². The lowest BCUT2D eigenvalue weighted by atomic mass is 9.99. The zero-order chi connectivity index (χ0) is 24.1. The SMILES string of the molecule is CNC(C)CC(C)COC1(OCC(C)CC(C)NC(=O)CCC(C)CC(C)=O)CCCC1. The standard InChI is InChI=1S/C26H50N2O4/c1-19(16-24(6)29)10-11-25(30)28-23(5)15-21(3)18-32-26(12-8-9-13-26)31-17-20(2)14-22(4)27-7/h19-23,27H,8-18H2,1-7H3,(H,28,30). The highest BCUT2D eigenvalue weighted by molar-refractivity contribution is 5.77. The smallest absolute Gasteiger partial charge is 0.220 e. The Labute approximate surface area is 197 Å². The Hall–Kier alpha value is -0.980. The molecule has 188 valence electrons. The van der Waals surface area contributed by atoms with Crippen molar-refractivity contribution in [3.8, 4) is 0 Å². The number of rotatable bonds is 17. The second kappa shape index (κ2) is 15.0. The predicted molar refractivity (Wildman–Crippen MR) is 130 cm³/mol. The first kappa shape index (κ1) is 29.1. The van der Waals surface area contributed by atoms with E-state index in [2.05, 4.69) is 38.3 Å². The second-order valence-electron chi connectivity index (χ2n) is 10.6. The van der Waals surface area contributed by atoms with Gasteiger partial charge in [-0.25, -0.2) is 0 Å². The minimum absolute atomic E-state index is 0.0707. The van der Waals surface area contributed by atoms with Gasteiger partial charge in [0.05, 0.1) is 13.2 Å². The molecule has 0 spiro atoms. The van der Waals surface area contributed by atoms with E-state index in [1.807, 2.05) is 14.0 Å². The van der Waals surface area contributed by atoms with Crippen molar-refractivity contribution in [2.45, 2.75) is 117 Å². The molecule has 1 aliphatic rings. The van der Waals surface area contributed by atoms with Crippen molar-refractivity contribution in [1.29, 1.82) is 0 Å². The summed E-state index contributed by atoms with van der Waals surface area (Å²) >= 11 is 0. The number of ether oxygens (including phenoxy) is 2. The van der Waals surface area contributed by atoms with Crippen LogP contribution in [0.2, 0.25) is 0 Å². The van der Waals surface area contributed by atoms with Crippen molar-refractivity contribution in [2.24, 2.45) is 17.8 Å². The van der Waals surface area contributed by atoms with Crippen LogP contribution in [-0.4, -0.2) is 49.8 Å². The monoisotopic (exact) mass is 454 g/mol. The minimum Gasteiger partial charge on any atom is -0.354 e. The third-order valence-corrected chi connectivity index (χ3v) is 6.54. The lowest BCUT2D eigenvalue weighted by Gasteiger charge is -2.33. The highest BCUT2D eigenvalue weighted by Gasteiger charge is 2.36. The van der Waals surface area contributed by atoms with Crippen molar-refractivity contribution < 1.29 is 19.1 Å². The molecule has 2 N–H and O–H groups in total. The van der Waals surface area contributed by atoms with E-state index in [0.29, 0.717) is 37.3 Å². The molecule has 5 atom stereocenters. The van der Waals surface area contributed by atoms with Crippen LogP contribution in [-0.2, 0) is 19.1 Å². The van der Waals surface area contributed by atoms with Crippen molar-refractivity contribution in [3.05, 3.63) is 0 Å².